The number of piperazine rings is 1. The molecule has 1 aromatic carbocycles. The van der Waals surface area contributed by atoms with Gasteiger partial charge in [-0.1, -0.05) is 18.2 Å². The number of nitrogens with zero attached hydrogens (tertiary/aromatic N) is 2. The highest BCUT2D eigenvalue weighted by Gasteiger charge is 2.26. The Labute approximate surface area is 138 Å². The highest BCUT2D eigenvalue weighted by atomic mass is 32.1. The number of benzene rings is 1. The summed E-state index contributed by atoms with van der Waals surface area (Å²) in [5.41, 5.74) is 0.0888. The van der Waals surface area contributed by atoms with Crippen LogP contribution >= 0.6 is 11.3 Å². The summed E-state index contributed by atoms with van der Waals surface area (Å²) in [6, 6.07) is 9.86. The minimum Gasteiger partial charge on any atom is -0.339 e. The highest BCUT2D eigenvalue weighted by molar-refractivity contribution is 7.10. The fraction of sp³-hybridized carbons (Fsp3) is 0.294. The Morgan fingerprint density at radius 3 is 2.35 bits per heavy atom. The topological polar surface area (TPSA) is 40.6 Å². The van der Waals surface area contributed by atoms with Gasteiger partial charge in [-0.25, -0.2) is 4.39 Å². The maximum Gasteiger partial charge on any atom is 0.256 e. The van der Waals surface area contributed by atoms with Crippen LogP contribution in [0.25, 0.3) is 0 Å². The Balaban J connectivity index is 1.57. The molecule has 23 heavy (non-hydrogen) atoms. The lowest BCUT2D eigenvalue weighted by atomic mass is 10.1. The van der Waals surface area contributed by atoms with E-state index >= 15 is 0 Å². The van der Waals surface area contributed by atoms with Gasteiger partial charge in [-0.2, -0.15) is 0 Å². The minimum absolute atomic E-state index is 0.0745. The van der Waals surface area contributed by atoms with Crippen molar-refractivity contribution in [3.63, 3.8) is 0 Å². The van der Waals surface area contributed by atoms with E-state index in [1.807, 2.05) is 17.5 Å². The molecule has 4 nitrogen and oxygen atoms in total. The molecule has 1 aliphatic rings. The second-order valence-corrected chi connectivity index (χ2v) is 6.44. The van der Waals surface area contributed by atoms with Crippen LogP contribution in [0, 0.1) is 5.82 Å². The van der Waals surface area contributed by atoms with Gasteiger partial charge in [0.1, 0.15) is 5.82 Å². The smallest absolute Gasteiger partial charge is 0.256 e. The summed E-state index contributed by atoms with van der Waals surface area (Å²) in [4.78, 5) is 29.0. The highest BCUT2D eigenvalue weighted by Crippen LogP contribution is 2.14. The zero-order valence-electron chi connectivity index (χ0n) is 12.6. The molecule has 0 radical (unpaired) electrons. The quantitative estimate of drug-likeness (QED) is 0.866. The van der Waals surface area contributed by atoms with Crippen molar-refractivity contribution in [2.45, 2.75) is 6.42 Å². The van der Waals surface area contributed by atoms with Crippen LogP contribution < -0.4 is 0 Å². The van der Waals surface area contributed by atoms with Crippen molar-refractivity contribution in [2.75, 3.05) is 26.2 Å². The van der Waals surface area contributed by atoms with Crippen molar-refractivity contribution in [3.8, 4) is 0 Å². The lowest BCUT2D eigenvalue weighted by Crippen LogP contribution is -2.51. The first-order valence-electron chi connectivity index (χ1n) is 7.49. The predicted octanol–water partition coefficient (Wildman–Crippen LogP) is 2.41. The van der Waals surface area contributed by atoms with Crippen molar-refractivity contribution < 1.29 is 14.0 Å². The van der Waals surface area contributed by atoms with Gasteiger partial charge in [-0.15, -0.1) is 11.3 Å². The molecule has 1 aromatic heterocycles. The molecule has 6 heteroatoms. The Morgan fingerprint density at radius 2 is 1.70 bits per heavy atom. The molecule has 2 amide bonds. The first-order valence-corrected chi connectivity index (χ1v) is 8.37. The van der Waals surface area contributed by atoms with Gasteiger partial charge < -0.3 is 9.80 Å². The molecule has 0 saturated carbocycles. The number of carbonyl (C=O) groups excluding carboxylic acids is 2. The van der Waals surface area contributed by atoms with Gasteiger partial charge in [0.2, 0.25) is 5.91 Å². The van der Waals surface area contributed by atoms with Crippen molar-refractivity contribution >= 4 is 23.2 Å². The van der Waals surface area contributed by atoms with Crippen molar-refractivity contribution in [1.29, 1.82) is 0 Å². The average Bonchev–Trinajstić information content (AvgIpc) is 3.08. The third-order valence-electron chi connectivity index (χ3n) is 3.93. The summed E-state index contributed by atoms with van der Waals surface area (Å²) in [5.74, 6) is -0.743. The number of carbonyl (C=O) groups is 2. The Bertz CT molecular complexity index is 694. The van der Waals surface area contributed by atoms with Crippen LogP contribution in [0.1, 0.15) is 15.2 Å². The fourth-order valence-corrected chi connectivity index (χ4v) is 3.33. The molecule has 0 spiro atoms. The second-order valence-electron chi connectivity index (χ2n) is 5.41. The maximum atomic E-state index is 13.7. The zero-order chi connectivity index (χ0) is 16.2. The molecule has 0 N–H and O–H groups in total. The molecular formula is C17H17FN2O2S. The Morgan fingerprint density at radius 1 is 1.00 bits per heavy atom. The molecule has 0 bridgehead atoms. The van der Waals surface area contributed by atoms with Gasteiger partial charge in [0.05, 0.1) is 12.0 Å². The molecule has 2 aromatic rings. The number of amides is 2. The van der Waals surface area contributed by atoms with E-state index in [1.165, 1.54) is 12.1 Å². The number of hydrogen-bond acceptors (Lipinski definition) is 3. The van der Waals surface area contributed by atoms with Gasteiger partial charge in [-0.05, 0) is 23.6 Å². The van der Waals surface area contributed by atoms with E-state index in [9.17, 15) is 14.0 Å². The van der Waals surface area contributed by atoms with Gasteiger partial charge in [0, 0.05) is 31.1 Å². The number of hydrogen-bond donors (Lipinski definition) is 0. The number of halogens is 1. The summed E-state index contributed by atoms with van der Waals surface area (Å²) in [6.07, 6.45) is 0.402. The van der Waals surface area contributed by atoms with Crippen LogP contribution in [0.4, 0.5) is 4.39 Å². The second kappa shape index (κ2) is 6.91. The molecule has 2 heterocycles. The van der Waals surface area contributed by atoms with E-state index in [2.05, 4.69) is 0 Å². The van der Waals surface area contributed by atoms with E-state index in [0.717, 1.165) is 4.88 Å². The van der Waals surface area contributed by atoms with Crippen LogP contribution in [-0.2, 0) is 11.2 Å². The van der Waals surface area contributed by atoms with E-state index in [4.69, 9.17) is 0 Å². The zero-order valence-corrected chi connectivity index (χ0v) is 13.4. The Kier molecular flexibility index (Phi) is 4.71. The lowest BCUT2D eigenvalue weighted by molar-refractivity contribution is -0.131. The number of thiophene rings is 1. The van der Waals surface area contributed by atoms with Crippen LogP contribution in [-0.4, -0.2) is 47.8 Å². The standard InChI is InChI=1S/C17H17FN2O2S/c18-15-6-2-1-5-14(15)17(22)20-9-7-19(8-10-20)16(21)12-13-4-3-11-23-13/h1-6,11H,7-10,12H2. The van der Waals surface area contributed by atoms with Gasteiger partial charge in [-0.3, -0.25) is 9.59 Å². The summed E-state index contributed by atoms with van der Waals surface area (Å²) >= 11 is 1.57. The minimum atomic E-state index is -0.506. The lowest BCUT2D eigenvalue weighted by Gasteiger charge is -2.34. The fourth-order valence-electron chi connectivity index (χ4n) is 2.64. The first kappa shape index (κ1) is 15.7. The number of rotatable bonds is 3. The predicted molar refractivity (Wildman–Crippen MR) is 86.9 cm³/mol. The SMILES string of the molecule is O=C(Cc1cccs1)N1CCN(C(=O)c2ccccc2F)CC1. The summed E-state index contributed by atoms with van der Waals surface area (Å²) in [5, 5.41) is 1.95. The monoisotopic (exact) mass is 332 g/mol. The van der Waals surface area contributed by atoms with Crippen LogP contribution in [0.2, 0.25) is 0 Å². The van der Waals surface area contributed by atoms with E-state index in [1.54, 1.807) is 33.3 Å². The third kappa shape index (κ3) is 3.59. The molecule has 120 valence electrons. The maximum absolute atomic E-state index is 13.7. The molecule has 1 saturated heterocycles. The third-order valence-corrected chi connectivity index (χ3v) is 4.81. The van der Waals surface area contributed by atoms with Gasteiger partial charge in [0.25, 0.3) is 5.91 Å². The summed E-state index contributed by atoms with van der Waals surface area (Å²) in [7, 11) is 0. The van der Waals surface area contributed by atoms with Crippen LogP contribution in [0.15, 0.2) is 41.8 Å². The van der Waals surface area contributed by atoms with E-state index in [-0.39, 0.29) is 17.4 Å². The summed E-state index contributed by atoms with van der Waals surface area (Å²) in [6.45, 7) is 1.85. The molecule has 0 aliphatic carbocycles. The molecule has 3 rings (SSSR count). The average molecular weight is 332 g/mol. The van der Waals surface area contributed by atoms with Crippen molar-refractivity contribution in [2.24, 2.45) is 0 Å². The molecule has 1 fully saturated rings. The van der Waals surface area contributed by atoms with Crippen molar-refractivity contribution in [1.82, 2.24) is 9.80 Å². The van der Waals surface area contributed by atoms with Gasteiger partial charge in [0.15, 0.2) is 0 Å². The summed E-state index contributed by atoms with van der Waals surface area (Å²) < 4.78 is 13.7. The van der Waals surface area contributed by atoms with Crippen LogP contribution in [0.3, 0.4) is 0 Å². The molecule has 1 aliphatic heterocycles. The molecular weight excluding hydrogens is 315 g/mol. The first-order chi connectivity index (χ1) is 11.1. The largest absolute Gasteiger partial charge is 0.339 e. The molecule has 0 atom stereocenters. The van der Waals surface area contributed by atoms with Crippen LogP contribution in [0.5, 0.6) is 0 Å². The van der Waals surface area contributed by atoms with Gasteiger partial charge >= 0.3 is 0 Å². The van der Waals surface area contributed by atoms with Crippen molar-refractivity contribution in [3.05, 3.63) is 58.0 Å². The van der Waals surface area contributed by atoms with E-state index in [0.29, 0.717) is 32.6 Å². The Hall–Kier alpha value is -2.21. The van der Waals surface area contributed by atoms with E-state index < -0.39 is 5.82 Å². The normalized spacial score (nSPS) is 14.8. The molecule has 0 unspecified atom stereocenters.